The molecule has 0 saturated carbocycles. The molecule has 0 spiro atoms. The van der Waals surface area contributed by atoms with E-state index in [0.717, 1.165) is 11.7 Å². The molecule has 0 unspecified atom stereocenters. The Bertz CT molecular complexity index is 447. The molecule has 0 amide bonds. The third-order valence-corrected chi connectivity index (χ3v) is 2.39. The van der Waals surface area contributed by atoms with E-state index in [2.05, 4.69) is 8.75 Å². The van der Waals surface area contributed by atoms with Crippen molar-refractivity contribution in [1.29, 1.82) is 0 Å². The molecule has 2 N–H and O–H groups in total. The lowest BCUT2D eigenvalue weighted by molar-refractivity contribution is 0.426. The largest absolute Gasteiger partial charge is 0.490 e. The predicted octanol–water partition coefficient (Wildman–Crippen LogP) is 0.0245. The molecule has 4 nitrogen and oxygen atoms in total. The smallest absolute Gasteiger partial charge is 0.423 e. The molecule has 0 atom stereocenters. The lowest BCUT2D eigenvalue weighted by atomic mass is 9.79. The monoisotopic (exact) mass is 214 g/mol. The first kappa shape index (κ1) is 8.89. The topological polar surface area (TPSA) is 66.2 Å². The van der Waals surface area contributed by atoms with E-state index in [4.69, 9.17) is 21.6 Å². The molecule has 2 rings (SSSR count). The van der Waals surface area contributed by atoms with Crippen molar-refractivity contribution in [3.8, 4) is 0 Å². The van der Waals surface area contributed by atoms with Crippen LogP contribution in [-0.2, 0) is 0 Å². The van der Waals surface area contributed by atoms with Crippen LogP contribution in [0.5, 0.6) is 0 Å². The molecule has 7 heteroatoms. The summed E-state index contributed by atoms with van der Waals surface area (Å²) in [5.74, 6) is 0. The molecule has 1 heterocycles. The maximum Gasteiger partial charge on any atom is 0.490 e. The maximum absolute atomic E-state index is 9.00. The van der Waals surface area contributed by atoms with Crippen LogP contribution in [0.15, 0.2) is 12.1 Å². The Kier molecular flexibility index (Phi) is 2.21. The second-order valence-electron chi connectivity index (χ2n) is 2.50. The molecule has 0 fully saturated rings. The summed E-state index contributed by atoms with van der Waals surface area (Å²) in [6.07, 6.45) is 0. The van der Waals surface area contributed by atoms with E-state index in [-0.39, 0.29) is 5.46 Å². The molecule has 66 valence electrons. The molecule has 0 aliphatic rings. The van der Waals surface area contributed by atoms with Crippen molar-refractivity contribution in [2.75, 3.05) is 0 Å². The van der Waals surface area contributed by atoms with Crippen molar-refractivity contribution < 1.29 is 10.0 Å². The number of rotatable bonds is 1. The Hall–Kier alpha value is -0.685. The van der Waals surface area contributed by atoms with Gasteiger partial charge in [0.2, 0.25) is 0 Å². The first-order valence-electron chi connectivity index (χ1n) is 3.46. The minimum Gasteiger partial charge on any atom is -0.423 e. The molecular formula is C6H4BClN2O2S. The molecule has 1 aromatic heterocycles. The Morgan fingerprint density at radius 1 is 1.31 bits per heavy atom. The highest BCUT2D eigenvalue weighted by atomic mass is 35.5. The third kappa shape index (κ3) is 1.53. The average molecular weight is 214 g/mol. The maximum atomic E-state index is 9.00. The van der Waals surface area contributed by atoms with E-state index in [9.17, 15) is 0 Å². The van der Waals surface area contributed by atoms with Crippen molar-refractivity contribution in [1.82, 2.24) is 8.75 Å². The summed E-state index contributed by atoms with van der Waals surface area (Å²) in [5, 5.41) is 18.4. The van der Waals surface area contributed by atoms with Crippen molar-refractivity contribution >= 4 is 46.9 Å². The lowest BCUT2D eigenvalue weighted by Crippen LogP contribution is -2.30. The summed E-state index contributed by atoms with van der Waals surface area (Å²) in [5.41, 5.74) is 1.36. The second-order valence-corrected chi connectivity index (χ2v) is 3.47. The number of hydrogen-bond donors (Lipinski definition) is 2. The number of aromatic nitrogens is 2. The summed E-state index contributed by atoms with van der Waals surface area (Å²) >= 11 is 6.75. The number of fused-ring (bicyclic) bond motifs is 1. The normalized spacial score (nSPS) is 10.7. The van der Waals surface area contributed by atoms with Gasteiger partial charge in [0.15, 0.2) is 0 Å². The molecule has 1 aromatic carbocycles. The van der Waals surface area contributed by atoms with Gasteiger partial charge in [-0.1, -0.05) is 11.6 Å². The van der Waals surface area contributed by atoms with Crippen molar-refractivity contribution in [3.05, 3.63) is 17.2 Å². The van der Waals surface area contributed by atoms with Gasteiger partial charge in [-0.2, -0.15) is 8.75 Å². The van der Waals surface area contributed by atoms with Crippen LogP contribution in [0.25, 0.3) is 11.0 Å². The van der Waals surface area contributed by atoms with Crippen LogP contribution in [0.4, 0.5) is 0 Å². The highest BCUT2D eigenvalue weighted by molar-refractivity contribution is 7.00. The zero-order valence-electron chi connectivity index (χ0n) is 6.31. The fourth-order valence-electron chi connectivity index (χ4n) is 1.08. The van der Waals surface area contributed by atoms with E-state index in [1.54, 1.807) is 6.07 Å². The third-order valence-electron chi connectivity index (χ3n) is 1.63. The zero-order chi connectivity index (χ0) is 9.42. The van der Waals surface area contributed by atoms with Crippen LogP contribution in [0.1, 0.15) is 0 Å². The number of nitrogens with zero attached hydrogens (tertiary/aromatic N) is 2. The van der Waals surface area contributed by atoms with Gasteiger partial charge in [0.25, 0.3) is 0 Å². The average Bonchev–Trinajstić information content (AvgIpc) is 2.49. The van der Waals surface area contributed by atoms with Gasteiger partial charge in [-0.3, -0.25) is 0 Å². The first-order chi connectivity index (χ1) is 6.18. The van der Waals surface area contributed by atoms with Gasteiger partial charge in [0.1, 0.15) is 11.0 Å². The summed E-state index contributed by atoms with van der Waals surface area (Å²) in [7, 11) is -1.56. The zero-order valence-corrected chi connectivity index (χ0v) is 7.88. The van der Waals surface area contributed by atoms with E-state index >= 15 is 0 Å². The Morgan fingerprint density at radius 2 is 2.08 bits per heavy atom. The fraction of sp³-hybridized carbons (Fsp3) is 0. The van der Waals surface area contributed by atoms with Gasteiger partial charge in [-0.25, -0.2) is 0 Å². The molecule has 0 bridgehead atoms. The van der Waals surface area contributed by atoms with Gasteiger partial charge in [0.05, 0.1) is 11.7 Å². The lowest BCUT2D eigenvalue weighted by Gasteiger charge is -1.99. The van der Waals surface area contributed by atoms with Gasteiger partial charge in [0, 0.05) is 10.5 Å². The number of benzene rings is 1. The summed E-state index contributed by atoms with van der Waals surface area (Å²) in [6, 6.07) is 3.10. The molecule has 0 radical (unpaired) electrons. The molecular weight excluding hydrogens is 210 g/mol. The van der Waals surface area contributed by atoms with Crippen LogP contribution >= 0.6 is 23.3 Å². The van der Waals surface area contributed by atoms with Gasteiger partial charge < -0.3 is 10.0 Å². The highest BCUT2D eigenvalue weighted by Crippen LogP contribution is 2.15. The standard InChI is InChI=1S/C6H4BClN2O2S/c8-3-1-4(7(11)12)6-5(2-3)9-13-10-6/h1-2,11-12H. The highest BCUT2D eigenvalue weighted by Gasteiger charge is 2.17. The Morgan fingerprint density at radius 3 is 2.77 bits per heavy atom. The molecule has 0 aliphatic carbocycles. The second kappa shape index (κ2) is 3.23. The van der Waals surface area contributed by atoms with Crippen LogP contribution in [0.3, 0.4) is 0 Å². The summed E-state index contributed by atoms with van der Waals surface area (Å²) in [6.45, 7) is 0. The van der Waals surface area contributed by atoms with Crippen molar-refractivity contribution in [2.45, 2.75) is 0 Å². The quantitative estimate of drug-likeness (QED) is 0.657. The van der Waals surface area contributed by atoms with Crippen molar-refractivity contribution in [2.24, 2.45) is 0 Å². The van der Waals surface area contributed by atoms with E-state index in [1.165, 1.54) is 6.07 Å². The minimum atomic E-state index is -1.56. The van der Waals surface area contributed by atoms with E-state index in [1.807, 2.05) is 0 Å². The minimum absolute atomic E-state index is 0.288. The van der Waals surface area contributed by atoms with Crippen LogP contribution in [0, 0.1) is 0 Å². The summed E-state index contributed by atoms with van der Waals surface area (Å²) < 4.78 is 7.88. The van der Waals surface area contributed by atoms with Gasteiger partial charge in [-0.05, 0) is 12.1 Å². The van der Waals surface area contributed by atoms with Gasteiger partial charge in [-0.15, -0.1) is 0 Å². The Labute approximate surface area is 83.3 Å². The van der Waals surface area contributed by atoms with Crippen LogP contribution < -0.4 is 5.46 Å². The molecule has 2 aromatic rings. The number of hydrogen-bond acceptors (Lipinski definition) is 5. The van der Waals surface area contributed by atoms with Gasteiger partial charge >= 0.3 is 7.12 Å². The van der Waals surface area contributed by atoms with Crippen LogP contribution in [-0.4, -0.2) is 25.9 Å². The van der Waals surface area contributed by atoms with E-state index < -0.39 is 7.12 Å². The molecule has 0 saturated heterocycles. The van der Waals surface area contributed by atoms with Crippen molar-refractivity contribution in [3.63, 3.8) is 0 Å². The molecule has 13 heavy (non-hydrogen) atoms. The first-order valence-corrected chi connectivity index (χ1v) is 4.57. The fourth-order valence-corrected chi connectivity index (χ4v) is 1.85. The Balaban J connectivity index is 2.77. The number of halogens is 1. The summed E-state index contributed by atoms with van der Waals surface area (Å²) in [4.78, 5) is 0. The molecule has 0 aliphatic heterocycles. The SMILES string of the molecule is OB(O)c1cc(Cl)cc2nsnc12. The van der Waals surface area contributed by atoms with E-state index in [0.29, 0.717) is 16.1 Å². The predicted molar refractivity (Wildman–Crippen MR) is 52.3 cm³/mol. The van der Waals surface area contributed by atoms with Crippen LogP contribution in [0.2, 0.25) is 5.02 Å².